The number of carbonyl (C=O) groups is 2. The molecule has 2 atom stereocenters. The Bertz CT molecular complexity index is 2800. The van der Waals surface area contributed by atoms with Gasteiger partial charge in [-0.2, -0.15) is 0 Å². The molecule has 8 rings (SSSR count). The molecule has 0 amide bonds. The second kappa shape index (κ2) is 23.3. The predicted molar refractivity (Wildman–Crippen MR) is 269 cm³/mol. The SMILES string of the molecule is Cc1c(COc2cc(OCc3cncc(C4C=N4)c3)c(CNC/C=C\C(=O)O)cc2Cl)cccc1-c1cccc(COc2cc(OCc3cncc(C4C=N4)c3)c(CNC/C=C\C(=O)O)cc2Cl)c1C. The maximum Gasteiger partial charge on any atom is 0.328 e. The lowest BCUT2D eigenvalue weighted by atomic mass is 9.92. The lowest BCUT2D eigenvalue weighted by Gasteiger charge is -2.19. The van der Waals surface area contributed by atoms with E-state index in [9.17, 15) is 9.59 Å². The minimum Gasteiger partial charge on any atom is -0.488 e. The lowest BCUT2D eigenvalue weighted by Crippen LogP contribution is -2.14. The van der Waals surface area contributed by atoms with Crippen LogP contribution in [0.25, 0.3) is 11.1 Å². The highest BCUT2D eigenvalue weighted by Crippen LogP contribution is 2.38. The van der Waals surface area contributed by atoms with Crippen LogP contribution in [0.15, 0.2) is 132 Å². The van der Waals surface area contributed by atoms with Crippen LogP contribution in [0.2, 0.25) is 10.0 Å². The average Bonchev–Trinajstić information content (AvgIpc) is 4.29. The first-order valence-corrected chi connectivity index (χ1v) is 23.2. The van der Waals surface area contributed by atoms with E-state index in [1.54, 1.807) is 49.1 Å². The first-order chi connectivity index (χ1) is 34.0. The number of carboxylic acid groups (broad SMARTS) is 2. The summed E-state index contributed by atoms with van der Waals surface area (Å²) in [6, 6.07) is 23.6. The van der Waals surface area contributed by atoms with Crippen LogP contribution in [0.5, 0.6) is 23.0 Å². The Morgan fingerprint density at radius 3 is 1.39 bits per heavy atom. The van der Waals surface area contributed by atoms with Crippen molar-refractivity contribution in [3.05, 3.63) is 188 Å². The monoisotopic (exact) mass is 980 g/mol. The average molecular weight is 982 g/mol. The fraction of sp³-hybridized carbons (Fsp3) is 0.222. The molecule has 358 valence electrons. The summed E-state index contributed by atoms with van der Waals surface area (Å²) in [6.07, 6.45) is 16.1. The van der Waals surface area contributed by atoms with Crippen LogP contribution in [0.3, 0.4) is 0 Å². The summed E-state index contributed by atoms with van der Waals surface area (Å²) in [4.78, 5) is 39.1. The number of hydrogen-bond acceptors (Lipinski definition) is 12. The van der Waals surface area contributed by atoms with E-state index in [-0.39, 0.29) is 38.5 Å². The molecule has 2 aliphatic rings. The molecule has 16 heteroatoms. The maximum atomic E-state index is 11.0. The van der Waals surface area contributed by atoms with Crippen molar-refractivity contribution >= 4 is 47.6 Å². The Kier molecular flexibility index (Phi) is 16.3. The molecule has 0 saturated carbocycles. The van der Waals surface area contributed by atoms with Gasteiger partial charge in [0.25, 0.3) is 0 Å². The third-order valence-electron chi connectivity index (χ3n) is 11.6. The van der Waals surface area contributed by atoms with Crippen LogP contribution < -0.4 is 29.6 Å². The molecule has 4 heterocycles. The van der Waals surface area contributed by atoms with Crippen LogP contribution >= 0.6 is 23.2 Å². The van der Waals surface area contributed by atoms with E-state index in [1.807, 2.05) is 48.8 Å². The van der Waals surface area contributed by atoms with Crippen LogP contribution in [0.1, 0.15) is 67.7 Å². The number of carboxylic acids is 2. The Hall–Kier alpha value is -7.36. The zero-order chi connectivity index (χ0) is 49.0. The Morgan fingerprint density at radius 2 is 0.986 bits per heavy atom. The van der Waals surface area contributed by atoms with Crippen molar-refractivity contribution in [1.82, 2.24) is 20.6 Å². The van der Waals surface area contributed by atoms with E-state index in [0.717, 1.165) is 78.9 Å². The van der Waals surface area contributed by atoms with Crippen LogP contribution in [0, 0.1) is 13.8 Å². The van der Waals surface area contributed by atoms with Crippen molar-refractivity contribution < 1.29 is 38.7 Å². The van der Waals surface area contributed by atoms with Gasteiger partial charge in [0.1, 0.15) is 61.5 Å². The fourth-order valence-electron chi connectivity index (χ4n) is 7.64. The van der Waals surface area contributed by atoms with Gasteiger partial charge >= 0.3 is 11.9 Å². The van der Waals surface area contributed by atoms with E-state index in [1.165, 1.54) is 12.2 Å². The zero-order valence-corrected chi connectivity index (χ0v) is 39.9. The number of halogens is 2. The van der Waals surface area contributed by atoms with Crippen LogP contribution in [0.4, 0.5) is 0 Å². The second-order valence-corrected chi connectivity index (χ2v) is 17.4. The van der Waals surface area contributed by atoms with Gasteiger partial charge in [-0.25, -0.2) is 9.59 Å². The van der Waals surface area contributed by atoms with Gasteiger partial charge in [-0.3, -0.25) is 20.0 Å². The molecule has 0 saturated heterocycles. The molecule has 0 aliphatic carbocycles. The molecule has 0 fully saturated rings. The van der Waals surface area contributed by atoms with E-state index >= 15 is 0 Å². The van der Waals surface area contributed by atoms with E-state index in [4.69, 9.17) is 52.4 Å². The predicted octanol–water partition coefficient (Wildman–Crippen LogP) is 10.1. The minimum atomic E-state index is -1.02. The highest BCUT2D eigenvalue weighted by atomic mass is 35.5. The molecule has 4 aromatic carbocycles. The van der Waals surface area contributed by atoms with Crippen LogP contribution in [-0.4, -0.2) is 57.6 Å². The van der Waals surface area contributed by atoms with Crippen LogP contribution in [-0.2, 0) is 49.1 Å². The van der Waals surface area contributed by atoms with Crippen molar-refractivity contribution in [3.8, 4) is 34.1 Å². The molecular formula is C54H50Cl2N6O8. The third kappa shape index (κ3) is 13.4. The molecule has 2 aliphatic heterocycles. The molecule has 70 heavy (non-hydrogen) atoms. The largest absolute Gasteiger partial charge is 0.488 e. The Labute approximate surface area is 415 Å². The highest BCUT2D eigenvalue weighted by Gasteiger charge is 2.20. The first kappa shape index (κ1) is 49.1. The summed E-state index contributed by atoms with van der Waals surface area (Å²) in [5.74, 6) is -0.0150. The summed E-state index contributed by atoms with van der Waals surface area (Å²) >= 11 is 13.7. The van der Waals surface area contributed by atoms with Crippen molar-refractivity contribution in [1.29, 1.82) is 0 Å². The standard InChI is InChI=1S/C54H50Cl2N6O8/c1-33-37(31-69-51-19-49(41(17-45(51)55)25-57-13-5-11-53(63)64)67-29-35-15-39(23-59-21-35)47-27-61-47)7-3-9-43(33)44-10-4-8-38(34(44)2)32-70-52-20-50(42(18-46(52)56)26-58-14-6-12-54(65)66)68-30-36-16-40(24-60-22-36)48-28-62-48/h3-12,15-24,27-28,47-48,57-58H,13-14,25-26,29-32H2,1-2H3,(H,63,64)(H,65,66)/b11-5-,12-6-. The summed E-state index contributed by atoms with van der Waals surface area (Å²) in [5.41, 5.74) is 11.4. The summed E-state index contributed by atoms with van der Waals surface area (Å²) in [7, 11) is 0. The van der Waals surface area contributed by atoms with Gasteiger partial charge in [-0.05, 0) is 71.5 Å². The number of aromatic nitrogens is 2. The van der Waals surface area contributed by atoms with E-state index < -0.39 is 11.9 Å². The molecule has 6 aromatic rings. The maximum absolute atomic E-state index is 11.0. The highest BCUT2D eigenvalue weighted by molar-refractivity contribution is 6.32. The van der Waals surface area contributed by atoms with Gasteiger partial charge in [0, 0.05) is 121 Å². The molecule has 2 unspecified atom stereocenters. The lowest BCUT2D eigenvalue weighted by molar-refractivity contribution is -0.132. The molecule has 2 aromatic heterocycles. The molecule has 4 N–H and O–H groups in total. The molecule has 0 spiro atoms. The normalized spacial score (nSPS) is 14.6. The van der Waals surface area contributed by atoms with E-state index in [0.29, 0.717) is 59.2 Å². The number of nitrogens with one attached hydrogen (secondary N) is 2. The minimum absolute atomic E-state index is 0.0643. The molecule has 0 bridgehead atoms. The second-order valence-electron chi connectivity index (χ2n) is 16.6. The Balaban J connectivity index is 0.963. The molecular weight excluding hydrogens is 932 g/mol. The van der Waals surface area contributed by atoms with Gasteiger partial charge in [0.15, 0.2) is 0 Å². The number of ether oxygens (including phenoxy) is 4. The molecule has 14 nitrogen and oxygen atoms in total. The summed E-state index contributed by atoms with van der Waals surface area (Å²) < 4.78 is 25.6. The number of pyridine rings is 2. The summed E-state index contributed by atoms with van der Waals surface area (Å²) in [5, 5.41) is 25.2. The fourth-order valence-corrected chi connectivity index (χ4v) is 8.12. The number of benzene rings is 4. The molecule has 0 radical (unpaired) electrons. The van der Waals surface area contributed by atoms with Gasteiger partial charge in [0.05, 0.1) is 10.0 Å². The topological polar surface area (TPSA) is 186 Å². The van der Waals surface area contributed by atoms with Crippen molar-refractivity contribution in [2.24, 2.45) is 9.98 Å². The van der Waals surface area contributed by atoms with E-state index in [2.05, 4.69) is 56.6 Å². The number of aliphatic carboxylic acids is 2. The smallest absolute Gasteiger partial charge is 0.328 e. The third-order valence-corrected chi connectivity index (χ3v) is 12.1. The number of rotatable bonds is 25. The zero-order valence-electron chi connectivity index (χ0n) is 38.4. The number of hydrogen-bond donors (Lipinski definition) is 4. The van der Waals surface area contributed by atoms with Gasteiger partial charge in [-0.15, -0.1) is 0 Å². The quantitative estimate of drug-likeness (QED) is 0.0315. The Morgan fingerprint density at radius 1 is 0.571 bits per heavy atom. The van der Waals surface area contributed by atoms with Crippen molar-refractivity contribution in [2.45, 2.75) is 65.4 Å². The first-order valence-electron chi connectivity index (χ1n) is 22.5. The van der Waals surface area contributed by atoms with Gasteiger partial charge in [-0.1, -0.05) is 71.8 Å². The van der Waals surface area contributed by atoms with Gasteiger partial charge < -0.3 is 39.8 Å². The number of aliphatic imine (C=N–C) groups is 2. The van der Waals surface area contributed by atoms with Crippen molar-refractivity contribution in [2.75, 3.05) is 13.1 Å². The van der Waals surface area contributed by atoms with Gasteiger partial charge in [0.2, 0.25) is 0 Å². The number of nitrogens with zero attached hydrogens (tertiary/aromatic N) is 4. The summed E-state index contributed by atoms with van der Waals surface area (Å²) in [6.45, 7) is 6.51. The van der Waals surface area contributed by atoms with Crippen molar-refractivity contribution in [3.63, 3.8) is 0 Å².